The van der Waals surface area contributed by atoms with Crippen molar-refractivity contribution in [2.75, 3.05) is 33.9 Å². The zero-order valence-corrected chi connectivity index (χ0v) is 18.9. The maximum Gasteiger partial charge on any atom is 0.409 e. The van der Waals surface area contributed by atoms with E-state index in [1.165, 1.54) is 0 Å². The number of methoxy groups -OCH3 is 1. The molecule has 2 rings (SSSR count). The maximum atomic E-state index is 11.8. The molecule has 0 radical (unpaired) electrons. The predicted octanol–water partition coefficient (Wildman–Crippen LogP) is 2.91. The summed E-state index contributed by atoms with van der Waals surface area (Å²) >= 11 is 0. The number of guanidine groups is 1. The summed E-state index contributed by atoms with van der Waals surface area (Å²) in [4.78, 5) is 17.8. The molecule has 1 aliphatic heterocycles. The van der Waals surface area contributed by atoms with E-state index in [0.717, 1.165) is 35.7 Å². The molecule has 0 unspecified atom stereocenters. The van der Waals surface area contributed by atoms with Crippen LogP contribution in [0.2, 0.25) is 0 Å². The molecule has 2 N–H and O–H groups in total. The van der Waals surface area contributed by atoms with Crippen LogP contribution in [-0.4, -0.2) is 56.8 Å². The van der Waals surface area contributed by atoms with Crippen LogP contribution in [0.3, 0.4) is 0 Å². The number of rotatable bonds is 5. The Morgan fingerprint density at radius 1 is 1.30 bits per heavy atom. The quantitative estimate of drug-likeness (QED) is 0.377. The van der Waals surface area contributed by atoms with Crippen LogP contribution in [0.25, 0.3) is 0 Å². The lowest BCUT2D eigenvalue weighted by Crippen LogP contribution is -2.49. The van der Waals surface area contributed by atoms with Gasteiger partial charge in [0.1, 0.15) is 5.75 Å². The predicted molar refractivity (Wildman–Crippen MR) is 118 cm³/mol. The van der Waals surface area contributed by atoms with E-state index in [0.29, 0.717) is 32.3 Å². The number of likely N-dealkylation sites (tertiary alicyclic amines) is 1. The number of carbonyl (C=O) groups excluding carboxylic acids is 1. The molecule has 0 bridgehead atoms. The molecule has 27 heavy (non-hydrogen) atoms. The van der Waals surface area contributed by atoms with Gasteiger partial charge in [-0.25, -0.2) is 4.79 Å². The zero-order chi connectivity index (χ0) is 18.9. The molecule has 7 nitrogen and oxygen atoms in total. The first-order chi connectivity index (χ1) is 12.5. The lowest BCUT2D eigenvalue weighted by atomic mass is 10.1. The number of hydrogen-bond donors (Lipinski definition) is 2. The Morgan fingerprint density at radius 3 is 2.59 bits per heavy atom. The van der Waals surface area contributed by atoms with Crippen molar-refractivity contribution in [3.63, 3.8) is 0 Å². The number of amides is 1. The highest BCUT2D eigenvalue weighted by Crippen LogP contribution is 2.16. The normalized spacial score (nSPS) is 15.0. The molecule has 1 fully saturated rings. The molecule has 0 aromatic heterocycles. The van der Waals surface area contributed by atoms with E-state index >= 15 is 0 Å². The van der Waals surface area contributed by atoms with Gasteiger partial charge in [-0.05, 0) is 49.9 Å². The smallest absolute Gasteiger partial charge is 0.409 e. The van der Waals surface area contributed by atoms with Gasteiger partial charge >= 0.3 is 6.09 Å². The van der Waals surface area contributed by atoms with Gasteiger partial charge in [-0.3, -0.25) is 4.99 Å². The summed E-state index contributed by atoms with van der Waals surface area (Å²) in [6.07, 6.45) is 1.53. The Balaban J connectivity index is 0.00000364. The highest BCUT2D eigenvalue weighted by atomic mass is 127. The molecule has 0 aliphatic carbocycles. The van der Waals surface area contributed by atoms with Gasteiger partial charge in [0, 0.05) is 32.7 Å². The van der Waals surface area contributed by atoms with E-state index < -0.39 is 0 Å². The third kappa shape index (κ3) is 7.43. The molecular weight excluding hydrogens is 459 g/mol. The second-order valence-electron chi connectivity index (χ2n) is 6.39. The highest BCUT2D eigenvalue weighted by Gasteiger charge is 2.23. The van der Waals surface area contributed by atoms with Crippen molar-refractivity contribution in [2.45, 2.75) is 39.3 Å². The second kappa shape index (κ2) is 11.9. The maximum absolute atomic E-state index is 11.8. The topological polar surface area (TPSA) is 75.2 Å². The largest absolute Gasteiger partial charge is 0.497 e. The van der Waals surface area contributed by atoms with Crippen LogP contribution in [0.4, 0.5) is 4.79 Å². The van der Waals surface area contributed by atoms with Crippen molar-refractivity contribution in [1.82, 2.24) is 15.5 Å². The van der Waals surface area contributed by atoms with Crippen LogP contribution in [0.5, 0.6) is 5.75 Å². The molecule has 1 amide bonds. The number of carbonyl (C=O) groups is 1. The van der Waals surface area contributed by atoms with Gasteiger partial charge in [0.15, 0.2) is 5.96 Å². The first kappa shape index (κ1) is 23.3. The van der Waals surface area contributed by atoms with Crippen LogP contribution in [0, 0.1) is 6.92 Å². The standard InChI is InChI=1S/C19H30N4O3.HI/c1-5-26-19(24)23-8-6-16(7-9-23)22-18(20-3)21-13-15-10-14(2)11-17(12-15)25-4;/h10-12,16H,5-9,13H2,1-4H3,(H2,20,21,22);1H. The second-order valence-corrected chi connectivity index (χ2v) is 6.39. The summed E-state index contributed by atoms with van der Waals surface area (Å²) in [6, 6.07) is 6.44. The van der Waals surface area contributed by atoms with Crippen molar-refractivity contribution in [3.8, 4) is 5.75 Å². The third-order valence-electron chi connectivity index (χ3n) is 4.39. The molecule has 8 heteroatoms. The summed E-state index contributed by atoms with van der Waals surface area (Å²) in [5.41, 5.74) is 2.30. The molecule has 0 spiro atoms. The van der Waals surface area contributed by atoms with Gasteiger partial charge in [0.2, 0.25) is 0 Å². The summed E-state index contributed by atoms with van der Waals surface area (Å²) in [6.45, 7) is 6.35. The van der Waals surface area contributed by atoms with E-state index in [1.54, 1.807) is 19.1 Å². The molecule has 0 saturated carbocycles. The monoisotopic (exact) mass is 490 g/mol. The summed E-state index contributed by atoms with van der Waals surface area (Å²) in [5.74, 6) is 1.62. The average Bonchev–Trinajstić information content (AvgIpc) is 2.65. The van der Waals surface area contributed by atoms with E-state index in [-0.39, 0.29) is 30.1 Å². The van der Waals surface area contributed by atoms with Crippen molar-refractivity contribution < 1.29 is 14.3 Å². The first-order valence-corrected chi connectivity index (χ1v) is 9.09. The summed E-state index contributed by atoms with van der Waals surface area (Å²) in [7, 11) is 3.44. The van der Waals surface area contributed by atoms with Crippen LogP contribution >= 0.6 is 24.0 Å². The Kier molecular flexibility index (Phi) is 10.3. The molecule has 152 valence electrons. The minimum atomic E-state index is -0.221. The van der Waals surface area contributed by atoms with Crippen molar-refractivity contribution in [2.24, 2.45) is 4.99 Å². The molecule has 1 aromatic rings. The van der Waals surface area contributed by atoms with Crippen molar-refractivity contribution in [1.29, 1.82) is 0 Å². The minimum Gasteiger partial charge on any atom is -0.497 e. The fourth-order valence-electron chi connectivity index (χ4n) is 3.04. The molecular formula is C19H31IN4O3. The van der Waals surface area contributed by atoms with E-state index in [1.807, 2.05) is 19.1 Å². The number of hydrogen-bond acceptors (Lipinski definition) is 4. The molecule has 1 saturated heterocycles. The highest BCUT2D eigenvalue weighted by molar-refractivity contribution is 14.0. The van der Waals surface area contributed by atoms with Gasteiger partial charge in [-0.1, -0.05) is 6.07 Å². The summed E-state index contributed by atoms with van der Waals surface area (Å²) < 4.78 is 10.4. The van der Waals surface area contributed by atoms with Crippen LogP contribution in [0.1, 0.15) is 30.9 Å². The average molecular weight is 490 g/mol. The number of benzene rings is 1. The Bertz CT molecular complexity index is 631. The number of piperidine rings is 1. The molecule has 1 aromatic carbocycles. The van der Waals surface area contributed by atoms with E-state index in [4.69, 9.17) is 9.47 Å². The molecule has 1 heterocycles. The van der Waals surface area contributed by atoms with E-state index in [9.17, 15) is 4.79 Å². The number of aryl methyl sites for hydroxylation is 1. The van der Waals surface area contributed by atoms with Gasteiger partial charge in [-0.15, -0.1) is 24.0 Å². The Labute approximate surface area is 178 Å². The first-order valence-electron chi connectivity index (χ1n) is 9.09. The number of nitrogens with zero attached hydrogens (tertiary/aromatic N) is 2. The molecule has 1 aliphatic rings. The van der Waals surface area contributed by atoms with E-state index in [2.05, 4.69) is 28.6 Å². The van der Waals surface area contributed by atoms with Gasteiger partial charge in [0.05, 0.1) is 13.7 Å². The number of ether oxygens (including phenoxy) is 2. The lowest BCUT2D eigenvalue weighted by molar-refractivity contribution is 0.0963. The van der Waals surface area contributed by atoms with Crippen LogP contribution < -0.4 is 15.4 Å². The zero-order valence-electron chi connectivity index (χ0n) is 16.6. The van der Waals surface area contributed by atoms with Crippen LogP contribution in [-0.2, 0) is 11.3 Å². The van der Waals surface area contributed by atoms with Crippen molar-refractivity contribution >= 4 is 36.0 Å². The SMILES string of the molecule is CCOC(=O)N1CCC(NC(=NC)NCc2cc(C)cc(OC)c2)CC1.I. The fourth-order valence-corrected chi connectivity index (χ4v) is 3.04. The van der Waals surface area contributed by atoms with Gasteiger partial charge in [-0.2, -0.15) is 0 Å². The van der Waals surface area contributed by atoms with Crippen molar-refractivity contribution in [3.05, 3.63) is 29.3 Å². The number of aliphatic imine (C=N–C) groups is 1. The lowest BCUT2D eigenvalue weighted by Gasteiger charge is -2.32. The van der Waals surface area contributed by atoms with Gasteiger partial charge < -0.3 is 25.0 Å². The minimum absolute atomic E-state index is 0. The summed E-state index contributed by atoms with van der Waals surface area (Å²) in [5, 5.41) is 6.78. The van der Waals surface area contributed by atoms with Crippen LogP contribution in [0.15, 0.2) is 23.2 Å². The number of nitrogens with one attached hydrogen (secondary N) is 2. The fraction of sp³-hybridized carbons (Fsp3) is 0.579. The Morgan fingerprint density at radius 2 is 2.00 bits per heavy atom. The number of halogens is 1. The molecule has 0 atom stereocenters. The Hall–Kier alpha value is -1.71. The third-order valence-corrected chi connectivity index (χ3v) is 4.39. The van der Waals surface area contributed by atoms with Gasteiger partial charge in [0.25, 0.3) is 0 Å².